The molecule has 0 aromatic heterocycles. The van der Waals surface area contributed by atoms with Crippen LogP contribution in [0.2, 0.25) is 0 Å². The molecule has 0 fully saturated rings. The predicted octanol–water partition coefficient (Wildman–Crippen LogP) is 4.56. The zero-order valence-corrected chi connectivity index (χ0v) is 9.03. The topological polar surface area (TPSA) is 0 Å². The fourth-order valence-electron chi connectivity index (χ4n) is 1.88. The van der Waals surface area contributed by atoms with Crippen molar-refractivity contribution in [2.75, 3.05) is 0 Å². The first-order chi connectivity index (χ1) is 5.68. The molecule has 1 unspecified atom stereocenters. The van der Waals surface area contributed by atoms with Crippen LogP contribution in [0, 0.1) is 5.41 Å². The second-order valence-corrected chi connectivity index (χ2v) is 4.16. The first-order valence-corrected chi connectivity index (χ1v) is 5.29. The van der Waals surface area contributed by atoms with Crippen LogP contribution in [0.4, 0.5) is 0 Å². The van der Waals surface area contributed by atoms with Crippen molar-refractivity contribution in [2.45, 2.75) is 59.3 Å². The smallest absolute Gasteiger partial charge is 0.0292 e. The van der Waals surface area contributed by atoms with E-state index in [4.69, 9.17) is 0 Å². The summed E-state index contributed by atoms with van der Waals surface area (Å²) in [4.78, 5) is 0. The molecule has 0 rings (SSSR count). The molecule has 0 saturated heterocycles. The summed E-state index contributed by atoms with van der Waals surface area (Å²) in [7, 11) is 0. The molecule has 0 aliphatic carbocycles. The lowest BCUT2D eigenvalue weighted by Gasteiger charge is -2.27. The summed E-state index contributed by atoms with van der Waals surface area (Å²) in [6.45, 7) is 10.8. The van der Waals surface area contributed by atoms with Crippen molar-refractivity contribution in [3.05, 3.63) is 12.7 Å². The van der Waals surface area contributed by atoms with Gasteiger partial charge in [-0.05, 0) is 24.7 Å². The summed E-state index contributed by atoms with van der Waals surface area (Å²) in [6.07, 6.45) is 9.95. The standard InChI is InChI=1S/C12H24/c1-5-8-11-12(4,9-6-2)10-7-3/h6H,2,5,7-11H2,1,3-4H3. The van der Waals surface area contributed by atoms with Crippen LogP contribution >= 0.6 is 0 Å². The Labute approximate surface area is 78.1 Å². The maximum absolute atomic E-state index is 3.84. The van der Waals surface area contributed by atoms with E-state index in [0.29, 0.717) is 5.41 Å². The van der Waals surface area contributed by atoms with Gasteiger partial charge in [-0.15, -0.1) is 6.58 Å². The molecule has 0 heterocycles. The van der Waals surface area contributed by atoms with Crippen LogP contribution in [0.5, 0.6) is 0 Å². The highest BCUT2D eigenvalue weighted by Crippen LogP contribution is 2.33. The van der Waals surface area contributed by atoms with E-state index in [1.54, 1.807) is 0 Å². The van der Waals surface area contributed by atoms with Gasteiger partial charge in [0.1, 0.15) is 0 Å². The molecule has 0 heteroatoms. The molecule has 0 N–H and O–H groups in total. The number of unbranched alkanes of at least 4 members (excludes halogenated alkanes) is 1. The zero-order valence-electron chi connectivity index (χ0n) is 9.03. The third-order valence-electron chi connectivity index (χ3n) is 2.62. The Morgan fingerprint density at radius 1 is 1.17 bits per heavy atom. The monoisotopic (exact) mass is 168 g/mol. The van der Waals surface area contributed by atoms with Crippen LogP contribution in [-0.2, 0) is 0 Å². The van der Waals surface area contributed by atoms with Gasteiger partial charge in [0, 0.05) is 0 Å². The van der Waals surface area contributed by atoms with Crippen LogP contribution in [0.25, 0.3) is 0 Å². The van der Waals surface area contributed by atoms with E-state index in [-0.39, 0.29) is 0 Å². The third-order valence-corrected chi connectivity index (χ3v) is 2.62. The summed E-state index contributed by atoms with van der Waals surface area (Å²) >= 11 is 0. The number of rotatable bonds is 7. The van der Waals surface area contributed by atoms with Crippen LogP contribution < -0.4 is 0 Å². The second-order valence-electron chi connectivity index (χ2n) is 4.16. The second kappa shape index (κ2) is 6.28. The van der Waals surface area contributed by atoms with Gasteiger partial charge in [0.05, 0.1) is 0 Å². The maximum atomic E-state index is 3.84. The van der Waals surface area contributed by atoms with Gasteiger partial charge in [-0.2, -0.15) is 0 Å². The summed E-state index contributed by atoms with van der Waals surface area (Å²) < 4.78 is 0. The minimum absolute atomic E-state index is 0.534. The lowest BCUT2D eigenvalue weighted by molar-refractivity contribution is 0.264. The highest BCUT2D eigenvalue weighted by Gasteiger charge is 2.20. The Hall–Kier alpha value is -0.260. The molecule has 0 aromatic carbocycles. The van der Waals surface area contributed by atoms with E-state index in [2.05, 4.69) is 33.4 Å². The molecule has 0 aliphatic heterocycles. The van der Waals surface area contributed by atoms with E-state index in [1.165, 1.54) is 38.5 Å². The lowest BCUT2D eigenvalue weighted by atomic mass is 9.78. The molecule has 0 spiro atoms. The third kappa shape index (κ3) is 4.58. The molecule has 0 saturated carbocycles. The minimum Gasteiger partial charge on any atom is -0.103 e. The SMILES string of the molecule is C=CCC(C)(CCC)CCCC. The molecular formula is C12H24. The minimum atomic E-state index is 0.534. The van der Waals surface area contributed by atoms with Crippen molar-refractivity contribution in [3.8, 4) is 0 Å². The molecule has 0 aromatic rings. The van der Waals surface area contributed by atoms with Crippen LogP contribution in [0.3, 0.4) is 0 Å². The van der Waals surface area contributed by atoms with E-state index < -0.39 is 0 Å². The number of allylic oxidation sites excluding steroid dienone is 1. The maximum Gasteiger partial charge on any atom is -0.0292 e. The van der Waals surface area contributed by atoms with Crippen molar-refractivity contribution in [3.63, 3.8) is 0 Å². The fourth-order valence-corrected chi connectivity index (χ4v) is 1.88. The van der Waals surface area contributed by atoms with Crippen molar-refractivity contribution in [1.29, 1.82) is 0 Å². The normalized spacial score (nSPS) is 15.6. The van der Waals surface area contributed by atoms with E-state index in [0.717, 1.165) is 0 Å². The van der Waals surface area contributed by atoms with Gasteiger partial charge in [0.25, 0.3) is 0 Å². The molecule has 0 aliphatic rings. The average molecular weight is 168 g/mol. The quantitative estimate of drug-likeness (QED) is 0.489. The molecule has 1 atom stereocenters. The van der Waals surface area contributed by atoms with Gasteiger partial charge in [-0.25, -0.2) is 0 Å². The Morgan fingerprint density at radius 2 is 1.83 bits per heavy atom. The lowest BCUT2D eigenvalue weighted by Crippen LogP contribution is -2.14. The Morgan fingerprint density at radius 3 is 2.25 bits per heavy atom. The zero-order chi connectivity index (χ0) is 9.45. The van der Waals surface area contributed by atoms with Crippen molar-refractivity contribution < 1.29 is 0 Å². The van der Waals surface area contributed by atoms with Crippen LogP contribution in [-0.4, -0.2) is 0 Å². The van der Waals surface area contributed by atoms with Gasteiger partial charge in [0.15, 0.2) is 0 Å². The number of hydrogen-bond acceptors (Lipinski definition) is 0. The average Bonchev–Trinajstić information content (AvgIpc) is 2.02. The Balaban J connectivity index is 3.88. The molecule has 0 bridgehead atoms. The number of hydrogen-bond donors (Lipinski definition) is 0. The summed E-state index contributed by atoms with van der Waals surface area (Å²) in [5.41, 5.74) is 0.534. The molecule has 12 heavy (non-hydrogen) atoms. The van der Waals surface area contributed by atoms with Crippen LogP contribution in [0.15, 0.2) is 12.7 Å². The first-order valence-electron chi connectivity index (χ1n) is 5.29. The largest absolute Gasteiger partial charge is 0.103 e. The van der Waals surface area contributed by atoms with Crippen molar-refractivity contribution in [2.24, 2.45) is 5.41 Å². The van der Waals surface area contributed by atoms with Crippen LogP contribution in [0.1, 0.15) is 59.3 Å². The summed E-state index contributed by atoms with van der Waals surface area (Å²) in [5.74, 6) is 0. The van der Waals surface area contributed by atoms with Gasteiger partial charge in [-0.3, -0.25) is 0 Å². The highest BCUT2D eigenvalue weighted by atomic mass is 14.2. The molecule has 72 valence electrons. The Kier molecular flexibility index (Phi) is 6.14. The van der Waals surface area contributed by atoms with Gasteiger partial charge in [-0.1, -0.05) is 46.1 Å². The first kappa shape index (κ1) is 11.7. The molecular weight excluding hydrogens is 144 g/mol. The molecule has 0 radical (unpaired) electrons. The van der Waals surface area contributed by atoms with E-state index in [9.17, 15) is 0 Å². The summed E-state index contributed by atoms with van der Waals surface area (Å²) in [6, 6.07) is 0. The van der Waals surface area contributed by atoms with Gasteiger partial charge in [0.2, 0.25) is 0 Å². The highest BCUT2D eigenvalue weighted by molar-refractivity contribution is 4.82. The molecule has 0 amide bonds. The summed E-state index contributed by atoms with van der Waals surface area (Å²) in [5, 5.41) is 0. The fraction of sp³-hybridized carbons (Fsp3) is 0.833. The van der Waals surface area contributed by atoms with E-state index >= 15 is 0 Å². The van der Waals surface area contributed by atoms with Crippen molar-refractivity contribution >= 4 is 0 Å². The predicted molar refractivity (Wildman–Crippen MR) is 57.4 cm³/mol. The van der Waals surface area contributed by atoms with E-state index in [1.807, 2.05) is 0 Å². The van der Waals surface area contributed by atoms with Gasteiger partial charge >= 0.3 is 0 Å². The Bertz CT molecular complexity index is 115. The van der Waals surface area contributed by atoms with Crippen molar-refractivity contribution in [1.82, 2.24) is 0 Å². The molecule has 0 nitrogen and oxygen atoms in total. The van der Waals surface area contributed by atoms with Gasteiger partial charge < -0.3 is 0 Å².